The summed E-state index contributed by atoms with van der Waals surface area (Å²) in [6.45, 7) is 1.88. The highest BCUT2D eigenvalue weighted by Crippen LogP contribution is 2.27. The molecular weight excluding hydrogens is 171 g/mol. The minimum atomic E-state index is -0.279. The van der Waals surface area contributed by atoms with Gasteiger partial charge in [0.1, 0.15) is 17.3 Å². The molecule has 0 saturated carbocycles. The largest absolute Gasteiger partial charge is 0.497 e. The Morgan fingerprint density at radius 1 is 1.23 bits per heavy atom. The molecule has 0 amide bonds. The van der Waals surface area contributed by atoms with E-state index in [1.807, 2.05) is 6.92 Å². The molecule has 0 aliphatic carbocycles. The molecule has 0 aliphatic heterocycles. The van der Waals surface area contributed by atoms with Crippen LogP contribution in [0.5, 0.6) is 11.5 Å². The Labute approximate surface area is 77.3 Å². The number of halogens is 1. The molecule has 0 spiro atoms. The van der Waals surface area contributed by atoms with Gasteiger partial charge in [-0.2, -0.15) is 0 Å². The molecule has 0 aromatic heterocycles. The van der Waals surface area contributed by atoms with Gasteiger partial charge in [0.2, 0.25) is 0 Å². The minimum absolute atomic E-state index is 0.279. The van der Waals surface area contributed by atoms with E-state index < -0.39 is 0 Å². The Hall–Kier alpha value is -1.25. The Morgan fingerprint density at radius 3 is 2.38 bits per heavy atom. The van der Waals surface area contributed by atoms with Crippen LogP contribution in [0.2, 0.25) is 0 Å². The third-order valence-electron chi connectivity index (χ3n) is 1.94. The summed E-state index contributed by atoms with van der Waals surface area (Å²) in [5.41, 5.74) is 0.586. The molecular formula is C10H13FO2. The van der Waals surface area contributed by atoms with Crippen LogP contribution in [-0.4, -0.2) is 14.2 Å². The van der Waals surface area contributed by atoms with Crippen LogP contribution in [0.4, 0.5) is 4.39 Å². The van der Waals surface area contributed by atoms with E-state index in [9.17, 15) is 4.39 Å². The summed E-state index contributed by atoms with van der Waals surface area (Å²) in [7, 11) is 3.02. The maximum atomic E-state index is 13.3. The second-order valence-corrected chi connectivity index (χ2v) is 2.64. The van der Waals surface area contributed by atoms with Gasteiger partial charge >= 0.3 is 0 Å². The number of benzene rings is 1. The molecule has 0 fully saturated rings. The number of ether oxygens (including phenoxy) is 2. The predicted octanol–water partition coefficient (Wildman–Crippen LogP) is 2.41. The lowest BCUT2D eigenvalue weighted by atomic mass is 10.1. The lowest BCUT2D eigenvalue weighted by Crippen LogP contribution is -1.96. The van der Waals surface area contributed by atoms with Crippen molar-refractivity contribution in [3.63, 3.8) is 0 Å². The number of methoxy groups -OCH3 is 2. The Kier molecular flexibility index (Phi) is 3.12. The normalized spacial score (nSPS) is 9.85. The molecule has 0 bridgehead atoms. The summed E-state index contributed by atoms with van der Waals surface area (Å²) in [4.78, 5) is 0. The Morgan fingerprint density at radius 2 is 1.92 bits per heavy atom. The molecule has 0 heterocycles. The lowest BCUT2D eigenvalue weighted by Gasteiger charge is -2.09. The van der Waals surface area contributed by atoms with Crippen LogP contribution in [0, 0.1) is 5.82 Å². The van der Waals surface area contributed by atoms with Gasteiger partial charge in [-0.15, -0.1) is 0 Å². The van der Waals surface area contributed by atoms with Crippen molar-refractivity contribution in [2.24, 2.45) is 0 Å². The monoisotopic (exact) mass is 184 g/mol. The van der Waals surface area contributed by atoms with E-state index in [0.29, 0.717) is 23.5 Å². The van der Waals surface area contributed by atoms with Crippen molar-refractivity contribution < 1.29 is 13.9 Å². The van der Waals surface area contributed by atoms with Crippen molar-refractivity contribution in [1.29, 1.82) is 0 Å². The highest BCUT2D eigenvalue weighted by atomic mass is 19.1. The fraction of sp³-hybridized carbons (Fsp3) is 0.400. The molecule has 0 radical (unpaired) electrons. The predicted molar refractivity (Wildman–Crippen MR) is 48.9 cm³/mol. The zero-order chi connectivity index (χ0) is 9.84. The quantitative estimate of drug-likeness (QED) is 0.718. The fourth-order valence-corrected chi connectivity index (χ4v) is 1.23. The first-order valence-electron chi connectivity index (χ1n) is 4.13. The van der Waals surface area contributed by atoms with Gasteiger partial charge in [0.15, 0.2) is 0 Å². The third kappa shape index (κ3) is 1.91. The van der Waals surface area contributed by atoms with Crippen molar-refractivity contribution in [1.82, 2.24) is 0 Å². The van der Waals surface area contributed by atoms with Gasteiger partial charge in [0.25, 0.3) is 0 Å². The van der Waals surface area contributed by atoms with Gasteiger partial charge < -0.3 is 9.47 Å². The van der Waals surface area contributed by atoms with E-state index in [0.717, 1.165) is 0 Å². The number of rotatable bonds is 3. The molecule has 0 N–H and O–H groups in total. The second kappa shape index (κ2) is 4.12. The number of hydrogen-bond acceptors (Lipinski definition) is 2. The molecule has 0 saturated heterocycles. The van der Waals surface area contributed by atoms with Crippen LogP contribution >= 0.6 is 0 Å². The zero-order valence-corrected chi connectivity index (χ0v) is 8.06. The van der Waals surface area contributed by atoms with Crippen molar-refractivity contribution in [3.8, 4) is 11.5 Å². The highest BCUT2D eigenvalue weighted by Gasteiger charge is 2.09. The Balaban J connectivity index is 3.20. The molecule has 0 atom stereocenters. The summed E-state index contributed by atoms with van der Waals surface area (Å²) in [5.74, 6) is 0.740. The molecule has 0 aliphatic rings. The van der Waals surface area contributed by atoms with Crippen LogP contribution in [0.3, 0.4) is 0 Å². The first-order valence-corrected chi connectivity index (χ1v) is 4.13. The average molecular weight is 184 g/mol. The van der Waals surface area contributed by atoms with Crippen LogP contribution in [0.15, 0.2) is 12.1 Å². The Bertz CT molecular complexity index is 297. The second-order valence-electron chi connectivity index (χ2n) is 2.64. The third-order valence-corrected chi connectivity index (χ3v) is 1.94. The SMILES string of the molecule is CCc1c(F)cc(OC)cc1OC. The van der Waals surface area contributed by atoms with Crippen LogP contribution in [0.1, 0.15) is 12.5 Å². The van der Waals surface area contributed by atoms with Gasteiger partial charge in [0, 0.05) is 17.7 Å². The summed E-state index contributed by atoms with van der Waals surface area (Å²) in [6, 6.07) is 3.04. The van der Waals surface area contributed by atoms with E-state index >= 15 is 0 Å². The van der Waals surface area contributed by atoms with Crippen LogP contribution in [-0.2, 0) is 6.42 Å². The first-order chi connectivity index (χ1) is 6.22. The minimum Gasteiger partial charge on any atom is -0.497 e. The van der Waals surface area contributed by atoms with Gasteiger partial charge in [-0.05, 0) is 6.42 Å². The van der Waals surface area contributed by atoms with Gasteiger partial charge in [-0.25, -0.2) is 4.39 Å². The molecule has 0 unspecified atom stereocenters. The summed E-state index contributed by atoms with van der Waals surface area (Å²) in [5, 5.41) is 0. The standard InChI is InChI=1S/C10H13FO2/c1-4-8-9(11)5-7(12-2)6-10(8)13-3/h5-6H,4H2,1-3H3. The smallest absolute Gasteiger partial charge is 0.133 e. The molecule has 13 heavy (non-hydrogen) atoms. The summed E-state index contributed by atoms with van der Waals surface area (Å²) < 4.78 is 23.3. The maximum absolute atomic E-state index is 13.3. The highest BCUT2D eigenvalue weighted by molar-refractivity contribution is 5.41. The van der Waals surface area contributed by atoms with Crippen LogP contribution in [0.25, 0.3) is 0 Å². The molecule has 2 nitrogen and oxygen atoms in total. The van der Waals surface area contributed by atoms with E-state index in [4.69, 9.17) is 9.47 Å². The molecule has 3 heteroatoms. The summed E-state index contributed by atoms with van der Waals surface area (Å²) >= 11 is 0. The zero-order valence-electron chi connectivity index (χ0n) is 8.06. The van der Waals surface area contributed by atoms with E-state index in [1.54, 1.807) is 6.07 Å². The van der Waals surface area contributed by atoms with Crippen molar-refractivity contribution in [2.45, 2.75) is 13.3 Å². The fourth-order valence-electron chi connectivity index (χ4n) is 1.23. The first kappa shape index (κ1) is 9.84. The molecule has 1 rings (SSSR count). The molecule has 1 aromatic rings. The van der Waals surface area contributed by atoms with E-state index in [2.05, 4.69) is 0 Å². The lowest BCUT2D eigenvalue weighted by molar-refractivity contribution is 0.384. The van der Waals surface area contributed by atoms with E-state index in [1.165, 1.54) is 20.3 Å². The topological polar surface area (TPSA) is 18.5 Å². The van der Waals surface area contributed by atoms with Gasteiger partial charge in [-0.1, -0.05) is 6.92 Å². The van der Waals surface area contributed by atoms with Gasteiger partial charge in [0.05, 0.1) is 14.2 Å². The molecule has 72 valence electrons. The number of hydrogen-bond donors (Lipinski definition) is 0. The van der Waals surface area contributed by atoms with Crippen molar-refractivity contribution >= 4 is 0 Å². The average Bonchev–Trinajstić information content (AvgIpc) is 2.16. The van der Waals surface area contributed by atoms with Crippen LogP contribution < -0.4 is 9.47 Å². The molecule has 1 aromatic carbocycles. The van der Waals surface area contributed by atoms with Crippen molar-refractivity contribution in [2.75, 3.05) is 14.2 Å². The van der Waals surface area contributed by atoms with Crippen molar-refractivity contribution in [3.05, 3.63) is 23.5 Å². The maximum Gasteiger partial charge on any atom is 0.133 e. The van der Waals surface area contributed by atoms with E-state index in [-0.39, 0.29) is 5.82 Å². The van der Waals surface area contributed by atoms with Gasteiger partial charge in [-0.3, -0.25) is 0 Å². The summed E-state index contributed by atoms with van der Waals surface area (Å²) in [6.07, 6.45) is 0.610.